The van der Waals surface area contributed by atoms with Crippen LogP contribution >= 0.6 is 12.4 Å². The number of halogens is 1. The van der Waals surface area contributed by atoms with E-state index in [-0.39, 0.29) is 30.4 Å². The lowest BCUT2D eigenvalue weighted by Crippen LogP contribution is -2.43. The molecule has 4 nitrogen and oxygen atoms in total. The molecule has 1 unspecified atom stereocenters. The fourth-order valence-corrected chi connectivity index (χ4v) is 3.26. The second kappa shape index (κ2) is 7.14. The van der Waals surface area contributed by atoms with E-state index in [0.29, 0.717) is 18.9 Å². The SMILES string of the molecule is Cl.N[C@@H]1CCC[C@H]1CC(=O)NC1COc2ccccc2C1. The zero-order valence-corrected chi connectivity index (χ0v) is 12.9. The number of amides is 1. The molecule has 5 heteroatoms. The van der Waals surface area contributed by atoms with E-state index in [9.17, 15) is 4.79 Å². The van der Waals surface area contributed by atoms with Crippen molar-refractivity contribution in [3.63, 3.8) is 0 Å². The van der Waals surface area contributed by atoms with Gasteiger partial charge in [-0.15, -0.1) is 12.4 Å². The first kappa shape index (κ1) is 16.1. The maximum absolute atomic E-state index is 12.1. The number of para-hydroxylation sites is 1. The van der Waals surface area contributed by atoms with Crippen LogP contribution in [0.4, 0.5) is 0 Å². The molecule has 1 heterocycles. The fourth-order valence-electron chi connectivity index (χ4n) is 3.26. The third-order valence-corrected chi connectivity index (χ3v) is 4.41. The Bertz CT molecular complexity index is 495. The zero-order chi connectivity index (χ0) is 13.9. The van der Waals surface area contributed by atoms with Crippen molar-refractivity contribution in [3.05, 3.63) is 29.8 Å². The molecule has 21 heavy (non-hydrogen) atoms. The molecule has 1 aromatic rings. The predicted octanol–water partition coefficient (Wildman–Crippen LogP) is 2.05. The van der Waals surface area contributed by atoms with Crippen molar-refractivity contribution < 1.29 is 9.53 Å². The summed E-state index contributed by atoms with van der Waals surface area (Å²) in [7, 11) is 0. The van der Waals surface area contributed by atoms with Gasteiger partial charge < -0.3 is 15.8 Å². The number of nitrogens with two attached hydrogens (primary N) is 1. The van der Waals surface area contributed by atoms with Crippen LogP contribution in [0.5, 0.6) is 5.75 Å². The Hall–Kier alpha value is -1.26. The van der Waals surface area contributed by atoms with Gasteiger partial charge >= 0.3 is 0 Å². The average molecular weight is 311 g/mol. The minimum Gasteiger partial charge on any atom is -0.491 e. The fraction of sp³-hybridized carbons (Fsp3) is 0.562. The Balaban J connectivity index is 0.00000161. The molecule has 0 bridgehead atoms. The van der Waals surface area contributed by atoms with Crippen LogP contribution in [0.1, 0.15) is 31.2 Å². The molecule has 2 aliphatic rings. The van der Waals surface area contributed by atoms with E-state index in [4.69, 9.17) is 10.5 Å². The van der Waals surface area contributed by atoms with Gasteiger partial charge in [0.2, 0.25) is 5.91 Å². The van der Waals surface area contributed by atoms with Gasteiger partial charge in [0.1, 0.15) is 12.4 Å². The topological polar surface area (TPSA) is 64.4 Å². The Morgan fingerprint density at radius 3 is 2.90 bits per heavy atom. The first-order valence-electron chi connectivity index (χ1n) is 7.48. The molecule has 1 fully saturated rings. The highest BCUT2D eigenvalue weighted by Gasteiger charge is 2.27. The summed E-state index contributed by atoms with van der Waals surface area (Å²) in [5.74, 6) is 1.41. The Morgan fingerprint density at radius 2 is 2.14 bits per heavy atom. The van der Waals surface area contributed by atoms with E-state index < -0.39 is 0 Å². The van der Waals surface area contributed by atoms with Gasteiger partial charge in [-0.1, -0.05) is 24.6 Å². The van der Waals surface area contributed by atoms with Crippen LogP contribution in [0.3, 0.4) is 0 Å². The van der Waals surface area contributed by atoms with Crippen LogP contribution < -0.4 is 15.8 Å². The van der Waals surface area contributed by atoms with Crippen LogP contribution in [0.25, 0.3) is 0 Å². The van der Waals surface area contributed by atoms with E-state index in [0.717, 1.165) is 31.4 Å². The molecule has 3 N–H and O–H groups in total. The summed E-state index contributed by atoms with van der Waals surface area (Å²) in [5.41, 5.74) is 7.19. The summed E-state index contributed by atoms with van der Waals surface area (Å²) < 4.78 is 5.69. The standard InChI is InChI=1S/C16H22N2O2.ClH/c17-14-6-3-5-11(14)9-16(19)18-13-8-12-4-1-2-7-15(12)20-10-13;/h1-2,4,7,11,13-14H,3,5-6,8-10,17H2,(H,18,19);1H/t11-,13?,14+;/m0./s1. The number of hydrogen-bond acceptors (Lipinski definition) is 3. The van der Waals surface area contributed by atoms with E-state index >= 15 is 0 Å². The number of benzene rings is 1. The second-order valence-electron chi connectivity index (χ2n) is 5.95. The number of rotatable bonds is 3. The van der Waals surface area contributed by atoms with E-state index in [2.05, 4.69) is 11.4 Å². The molecule has 1 amide bonds. The van der Waals surface area contributed by atoms with Crippen LogP contribution in [0.2, 0.25) is 0 Å². The van der Waals surface area contributed by atoms with Gasteiger partial charge in [-0.25, -0.2) is 0 Å². The minimum atomic E-state index is 0. The summed E-state index contributed by atoms with van der Waals surface area (Å²) in [6.45, 7) is 0.555. The van der Waals surface area contributed by atoms with Gasteiger partial charge in [-0.3, -0.25) is 4.79 Å². The van der Waals surface area contributed by atoms with Crippen LogP contribution in [0.15, 0.2) is 24.3 Å². The zero-order valence-electron chi connectivity index (χ0n) is 12.1. The summed E-state index contributed by atoms with van der Waals surface area (Å²) in [6.07, 6.45) is 4.69. The van der Waals surface area contributed by atoms with Crippen molar-refractivity contribution >= 4 is 18.3 Å². The van der Waals surface area contributed by atoms with Gasteiger partial charge in [0.15, 0.2) is 0 Å². The lowest BCUT2D eigenvalue weighted by Gasteiger charge is -2.26. The molecule has 0 spiro atoms. The van der Waals surface area contributed by atoms with Gasteiger partial charge in [-0.05, 0) is 36.8 Å². The van der Waals surface area contributed by atoms with Crippen molar-refractivity contribution in [1.82, 2.24) is 5.32 Å². The largest absolute Gasteiger partial charge is 0.491 e. The molecule has 1 aliphatic heterocycles. The first-order valence-corrected chi connectivity index (χ1v) is 7.48. The van der Waals surface area contributed by atoms with Crippen molar-refractivity contribution in [2.45, 2.75) is 44.2 Å². The highest BCUT2D eigenvalue weighted by Crippen LogP contribution is 2.27. The monoisotopic (exact) mass is 310 g/mol. The third-order valence-electron chi connectivity index (χ3n) is 4.41. The lowest BCUT2D eigenvalue weighted by atomic mass is 9.98. The van der Waals surface area contributed by atoms with Gasteiger partial charge in [0.25, 0.3) is 0 Å². The molecule has 3 rings (SSSR count). The molecule has 1 saturated carbocycles. The second-order valence-corrected chi connectivity index (χ2v) is 5.95. The third kappa shape index (κ3) is 3.89. The van der Waals surface area contributed by atoms with Crippen molar-refractivity contribution in [2.75, 3.05) is 6.61 Å². The summed E-state index contributed by atoms with van der Waals surface area (Å²) >= 11 is 0. The molecule has 1 aliphatic carbocycles. The van der Waals surface area contributed by atoms with Crippen molar-refractivity contribution in [2.24, 2.45) is 11.7 Å². The van der Waals surface area contributed by atoms with Gasteiger partial charge in [-0.2, -0.15) is 0 Å². The number of hydrogen-bond donors (Lipinski definition) is 2. The molecule has 1 aromatic carbocycles. The van der Waals surface area contributed by atoms with E-state index in [1.165, 1.54) is 5.56 Å². The minimum absolute atomic E-state index is 0. The predicted molar refractivity (Wildman–Crippen MR) is 84.8 cm³/mol. The van der Waals surface area contributed by atoms with E-state index in [1.54, 1.807) is 0 Å². The maximum Gasteiger partial charge on any atom is 0.220 e. The molecule has 116 valence electrons. The molecule has 3 atom stereocenters. The number of fused-ring (bicyclic) bond motifs is 1. The first-order chi connectivity index (χ1) is 9.72. The molecule has 0 radical (unpaired) electrons. The molecular weight excluding hydrogens is 288 g/mol. The number of carbonyl (C=O) groups excluding carboxylic acids is 1. The average Bonchev–Trinajstić information content (AvgIpc) is 2.84. The van der Waals surface area contributed by atoms with Crippen LogP contribution in [-0.4, -0.2) is 24.6 Å². The normalized spacial score (nSPS) is 27.2. The Labute approximate surface area is 131 Å². The van der Waals surface area contributed by atoms with Crippen LogP contribution in [-0.2, 0) is 11.2 Å². The van der Waals surface area contributed by atoms with Crippen molar-refractivity contribution in [1.29, 1.82) is 0 Å². The molecule has 0 aromatic heterocycles. The Kier molecular flexibility index (Phi) is 5.48. The van der Waals surface area contributed by atoms with Gasteiger partial charge in [0, 0.05) is 12.5 Å². The summed E-state index contributed by atoms with van der Waals surface area (Å²) in [5, 5.41) is 3.09. The van der Waals surface area contributed by atoms with Crippen molar-refractivity contribution in [3.8, 4) is 5.75 Å². The van der Waals surface area contributed by atoms with Crippen LogP contribution in [0, 0.1) is 5.92 Å². The number of nitrogens with one attached hydrogen (secondary N) is 1. The van der Waals surface area contributed by atoms with Gasteiger partial charge in [0.05, 0.1) is 6.04 Å². The lowest BCUT2D eigenvalue weighted by molar-refractivity contribution is -0.123. The highest BCUT2D eigenvalue weighted by molar-refractivity contribution is 5.85. The Morgan fingerprint density at radius 1 is 1.33 bits per heavy atom. The number of carbonyl (C=O) groups is 1. The molecular formula is C16H23ClN2O2. The summed E-state index contributed by atoms with van der Waals surface area (Å²) in [4.78, 5) is 12.1. The summed E-state index contributed by atoms with van der Waals surface area (Å²) in [6, 6.07) is 8.29. The highest BCUT2D eigenvalue weighted by atomic mass is 35.5. The maximum atomic E-state index is 12.1. The molecule has 0 saturated heterocycles. The smallest absolute Gasteiger partial charge is 0.220 e. The number of ether oxygens (including phenoxy) is 1. The van der Waals surface area contributed by atoms with E-state index in [1.807, 2.05) is 18.2 Å². The quantitative estimate of drug-likeness (QED) is 0.898.